The Labute approximate surface area is 122 Å². The van der Waals surface area contributed by atoms with Crippen molar-refractivity contribution in [3.8, 4) is 5.88 Å². The van der Waals surface area contributed by atoms with Gasteiger partial charge in [-0.3, -0.25) is 0 Å². The number of nitrogens with two attached hydrogens (primary N) is 1. The van der Waals surface area contributed by atoms with Crippen molar-refractivity contribution in [2.75, 3.05) is 5.73 Å². The Morgan fingerprint density at radius 1 is 1.19 bits per heavy atom. The van der Waals surface area contributed by atoms with Gasteiger partial charge in [0.2, 0.25) is 5.88 Å². The van der Waals surface area contributed by atoms with E-state index in [4.69, 9.17) is 5.73 Å². The van der Waals surface area contributed by atoms with Gasteiger partial charge < -0.3 is 10.8 Å². The third kappa shape index (κ3) is 2.52. The molecule has 3 N–H and O–H groups in total. The molecule has 0 atom stereocenters. The lowest BCUT2D eigenvalue weighted by atomic mass is 10.1. The summed E-state index contributed by atoms with van der Waals surface area (Å²) in [7, 11) is 0. The molecule has 6 heteroatoms. The van der Waals surface area contributed by atoms with Crippen molar-refractivity contribution >= 4 is 16.7 Å². The quantitative estimate of drug-likeness (QED) is 0.720. The Hall–Kier alpha value is -2.63. The first-order chi connectivity index (χ1) is 10.0. The molecule has 0 aliphatic heterocycles. The van der Waals surface area contributed by atoms with Crippen LogP contribution in [0.3, 0.4) is 0 Å². The van der Waals surface area contributed by atoms with Crippen LogP contribution >= 0.6 is 0 Å². The highest BCUT2D eigenvalue weighted by Gasteiger charge is 2.14. The van der Waals surface area contributed by atoms with Crippen molar-refractivity contribution in [3.63, 3.8) is 0 Å². The van der Waals surface area contributed by atoms with E-state index in [0.717, 1.165) is 11.3 Å². The molecule has 108 valence electrons. The van der Waals surface area contributed by atoms with Gasteiger partial charge in [-0.2, -0.15) is 10.1 Å². The molecule has 2 aromatic heterocycles. The van der Waals surface area contributed by atoms with Crippen LogP contribution in [-0.2, 0) is 6.42 Å². The minimum Gasteiger partial charge on any atom is -0.493 e. The summed E-state index contributed by atoms with van der Waals surface area (Å²) >= 11 is 0. The van der Waals surface area contributed by atoms with Crippen molar-refractivity contribution in [2.24, 2.45) is 0 Å². The molecule has 0 aliphatic carbocycles. The number of anilines is 1. The van der Waals surface area contributed by atoms with Crippen LogP contribution in [0.5, 0.6) is 5.88 Å². The molecule has 0 radical (unpaired) electrons. The van der Waals surface area contributed by atoms with Crippen LogP contribution in [0.2, 0.25) is 0 Å². The molecule has 0 amide bonds. The van der Waals surface area contributed by atoms with E-state index in [1.54, 1.807) is 10.9 Å². The molecule has 0 saturated carbocycles. The van der Waals surface area contributed by atoms with Crippen LogP contribution in [-0.4, -0.2) is 24.9 Å². The second-order valence-electron chi connectivity index (χ2n) is 5.30. The lowest BCUT2D eigenvalue weighted by Gasteiger charge is -2.08. The molecule has 6 nitrogen and oxygen atoms in total. The molecule has 2 heterocycles. The number of fused-ring (bicyclic) bond motifs is 1. The van der Waals surface area contributed by atoms with E-state index >= 15 is 0 Å². The van der Waals surface area contributed by atoms with Gasteiger partial charge in [-0.05, 0) is 31.5 Å². The van der Waals surface area contributed by atoms with Gasteiger partial charge in [0.05, 0.1) is 6.20 Å². The first-order valence-corrected chi connectivity index (χ1v) is 6.82. The van der Waals surface area contributed by atoms with Gasteiger partial charge in [0.15, 0.2) is 5.65 Å². The van der Waals surface area contributed by atoms with Gasteiger partial charge in [-0.1, -0.05) is 12.1 Å². The highest BCUT2D eigenvalue weighted by Crippen LogP contribution is 2.23. The number of nitrogen functional groups attached to an aromatic ring is 1. The molecule has 0 aliphatic rings. The summed E-state index contributed by atoms with van der Waals surface area (Å²) in [5, 5.41) is 14.9. The Bertz CT molecular complexity index is 777. The molecule has 0 spiro atoms. The number of benzene rings is 1. The van der Waals surface area contributed by atoms with E-state index in [2.05, 4.69) is 15.1 Å². The maximum Gasteiger partial charge on any atom is 0.225 e. The number of aromatic nitrogens is 4. The fraction of sp³-hybridized carbons (Fsp3) is 0.267. The number of hydrogen-bond donors (Lipinski definition) is 2. The largest absolute Gasteiger partial charge is 0.493 e. The van der Waals surface area contributed by atoms with E-state index in [-0.39, 0.29) is 11.9 Å². The van der Waals surface area contributed by atoms with E-state index in [1.807, 2.05) is 38.1 Å². The summed E-state index contributed by atoms with van der Waals surface area (Å²) < 4.78 is 1.78. The lowest BCUT2D eigenvalue weighted by Crippen LogP contribution is -2.05. The van der Waals surface area contributed by atoms with Crippen molar-refractivity contribution in [1.82, 2.24) is 19.7 Å². The highest BCUT2D eigenvalue weighted by atomic mass is 16.3. The maximum absolute atomic E-state index is 10.0. The highest BCUT2D eigenvalue weighted by molar-refractivity contribution is 5.79. The van der Waals surface area contributed by atoms with Gasteiger partial charge in [0, 0.05) is 18.2 Å². The molecule has 3 rings (SSSR count). The molecule has 21 heavy (non-hydrogen) atoms. The predicted octanol–water partition coefficient (Wildman–Crippen LogP) is 2.29. The van der Waals surface area contributed by atoms with Crippen molar-refractivity contribution in [1.29, 1.82) is 0 Å². The van der Waals surface area contributed by atoms with Gasteiger partial charge >= 0.3 is 0 Å². The SMILES string of the molecule is CC(C)n1ncc2c(O)nc(Cc3ccc(N)cc3)nc21. The van der Waals surface area contributed by atoms with Crippen LogP contribution < -0.4 is 5.73 Å². The topological polar surface area (TPSA) is 89.8 Å². The second kappa shape index (κ2) is 5.05. The lowest BCUT2D eigenvalue weighted by molar-refractivity contribution is 0.456. The Morgan fingerprint density at radius 3 is 2.57 bits per heavy atom. The molecule has 0 saturated heterocycles. The van der Waals surface area contributed by atoms with E-state index in [0.29, 0.717) is 23.3 Å². The first-order valence-electron chi connectivity index (χ1n) is 6.82. The van der Waals surface area contributed by atoms with Gasteiger partial charge in [0.25, 0.3) is 0 Å². The number of rotatable bonds is 3. The van der Waals surface area contributed by atoms with E-state index in [1.165, 1.54) is 0 Å². The molecule has 1 aromatic carbocycles. The van der Waals surface area contributed by atoms with Crippen LogP contribution in [0.4, 0.5) is 5.69 Å². The molecule has 0 bridgehead atoms. The minimum absolute atomic E-state index is 0.0302. The van der Waals surface area contributed by atoms with E-state index in [9.17, 15) is 5.11 Å². The van der Waals surface area contributed by atoms with Crippen molar-refractivity contribution < 1.29 is 5.11 Å². The second-order valence-corrected chi connectivity index (χ2v) is 5.30. The van der Waals surface area contributed by atoms with Crippen LogP contribution in [0, 0.1) is 0 Å². The third-order valence-electron chi connectivity index (χ3n) is 3.31. The Balaban J connectivity index is 2.02. The van der Waals surface area contributed by atoms with Crippen molar-refractivity contribution in [3.05, 3.63) is 41.9 Å². The number of nitrogens with zero attached hydrogens (tertiary/aromatic N) is 4. The van der Waals surface area contributed by atoms with Crippen LogP contribution in [0.25, 0.3) is 11.0 Å². The Kier molecular flexibility index (Phi) is 3.21. The fourth-order valence-corrected chi connectivity index (χ4v) is 2.23. The first kappa shape index (κ1) is 13.4. The summed E-state index contributed by atoms with van der Waals surface area (Å²) in [6.45, 7) is 4.04. The zero-order chi connectivity index (χ0) is 15.0. The standard InChI is InChI=1S/C15H17N5O/c1-9(2)20-14-12(8-17-20)15(21)19-13(18-14)7-10-3-5-11(16)6-4-10/h3-6,8-9H,7,16H2,1-2H3,(H,18,19,21). The average molecular weight is 283 g/mol. The maximum atomic E-state index is 10.0. The molecule has 0 unspecified atom stereocenters. The Morgan fingerprint density at radius 2 is 1.90 bits per heavy atom. The zero-order valence-electron chi connectivity index (χ0n) is 12.0. The predicted molar refractivity (Wildman–Crippen MR) is 81.0 cm³/mol. The third-order valence-corrected chi connectivity index (χ3v) is 3.31. The summed E-state index contributed by atoms with van der Waals surface area (Å²) in [6, 6.07) is 7.71. The molecular formula is C15H17N5O. The average Bonchev–Trinajstić information content (AvgIpc) is 2.86. The van der Waals surface area contributed by atoms with Gasteiger partial charge in [-0.15, -0.1) is 0 Å². The molecule has 0 fully saturated rings. The molecular weight excluding hydrogens is 266 g/mol. The van der Waals surface area contributed by atoms with Crippen LogP contribution in [0.1, 0.15) is 31.3 Å². The fourth-order valence-electron chi connectivity index (χ4n) is 2.23. The summed E-state index contributed by atoms with van der Waals surface area (Å²) in [4.78, 5) is 8.68. The monoisotopic (exact) mass is 283 g/mol. The van der Waals surface area contributed by atoms with Crippen LogP contribution in [0.15, 0.2) is 30.5 Å². The van der Waals surface area contributed by atoms with E-state index < -0.39 is 0 Å². The minimum atomic E-state index is -0.0302. The summed E-state index contributed by atoms with van der Waals surface area (Å²) in [5.74, 6) is 0.532. The van der Waals surface area contributed by atoms with Gasteiger partial charge in [0.1, 0.15) is 11.2 Å². The smallest absolute Gasteiger partial charge is 0.225 e. The summed E-state index contributed by atoms with van der Waals surface area (Å²) in [5.41, 5.74) is 8.09. The van der Waals surface area contributed by atoms with Gasteiger partial charge in [-0.25, -0.2) is 9.67 Å². The zero-order valence-corrected chi connectivity index (χ0v) is 12.0. The summed E-state index contributed by atoms with van der Waals surface area (Å²) in [6.07, 6.45) is 2.13. The van der Waals surface area contributed by atoms with Crippen molar-refractivity contribution in [2.45, 2.75) is 26.3 Å². The number of aromatic hydroxyl groups is 1. The molecule has 3 aromatic rings. The number of hydrogen-bond acceptors (Lipinski definition) is 5. The normalized spacial score (nSPS) is 11.4.